The highest BCUT2D eigenvalue weighted by atomic mass is 35.5. The van der Waals surface area contributed by atoms with Gasteiger partial charge in [0.15, 0.2) is 11.0 Å². The molecule has 4 heterocycles. The fourth-order valence-corrected chi connectivity index (χ4v) is 5.28. The number of amidine groups is 3. The van der Waals surface area contributed by atoms with Gasteiger partial charge >= 0.3 is 0 Å². The van der Waals surface area contributed by atoms with Crippen LogP contribution in [0.4, 0.5) is 0 Å². The number of aromatic nitrogens is 1. The molecule has 33 heavy (non-hydrogen) atoms. The molecule has 5 rings (SSSR count). The van der Waals surface area contributed by atoms with Gasteiger partial charge in [0.2, 0.25) is 5.17 Å². The maximum absolute atomic E-state index is 12.9. The quantitative estimate of drug-likeness (QED) is 0.654. The summed E-state index contributed by atoms with van der Waals surface area (Å²) in [6.07, 6.45) is 1.73. The van der Waals surface area contributed by atoms with Crippen molar-refractivity contribution < 1.29 is 9.53 Å². The van der Waals surface area contributed by atoms with Crippen molar-refractivity contribution in [3.63, 3.8) is 0 Å². The summed E-state index contributed by atoms with van der Waals surface area (Å²) in [5.41, 5.74) is 5.00. The lowest BCUT2D eigenvalue weighted by atomic mass is 10.1. The Hall–Kier alpha value is -2.88. The molecule has 1 amide bonds. The number of thioether (sulfide) groups is 1. The molecule has 170 valence electrons. The molecule has 3 aliphatic rings. The lowest BCUT2D eigenvalue weighted by molar-refractivity contribution is -0.114. The number of amides is 1. The van der Waals surface area contributed by atoms with Gasteiger partial charge in [0.1, 0.15) is 0 Å². The third-order valence-electron chi connectivity index (χ3n) is 5.98. The molecule has 0 bridgehead atoms. The van der Waals surface area contributed by atoms with E-state index in [0.717, 1.165) is 46.5 Å². The number of carbonyl (C=O) groups is 1. The van der Waals surface area contributed by atoms with Crippen molar-refractivity contribution in [2.24, 2.45) is 10.1 Å². The number of rotatable bonds is 2. The minimum absolute atomic E-state index is 0.0319. The zero-order valence-corrected chi connectivity index (χ0v) is 20.1. The number of carbonyl (C=O) groups excluding carboxylic acids is 1. The lowest BCUT2D eigenvalue weighted by Gasteiger charge is -2.26. The molecular formula is C23H23ClN6O2S. The van der Waals surface area contributed by atoms with Crippen molar-refractivity contribution in [2.45, 2.75) is 20.8 Å². The summed E-state index contributed by atoms with van der Waals surface area (Å²) in [6, 6.07) is 7.82. The van der Waals surface area contributed by atoms with E-state index in [-0.39, 0.29) is 11.4 Å². The van der Waals surface area contributed by atoms with Gasteiger partial charge in [-0.2, -0.15) is 10.0 Å². The number of hydrogen-bond donors (Lipinski definition) is 1. The van der Waals surface area contributed by atoms with Crippen molar-refractivity contribution in [3.8, 4) is 5.69 Å². The summed E-state index contributed by atoms with van der Waals surface area (Å²) in [5.74, 6) is -0.398. The van der Waals surface area contributed by atoms with E-state index in [1.165, 1.54) is 16.8 Å². The van der Waals surface area contributed by atoms with Crippen LogP contribution in [0.5, 0.6) is 0 Å². The normalized spacial score (nSPS) is 19.8. The zero-order valence-electron chi connectivity index (χ0n) is 18.6. The first-order valence-corrected chi connectivity index (χ1v) is 11.8. The van der Waals surface area contributed by atoms with Crippen LogP contribution >= 0.6 is 23.4 Å². The number of benzene rings is 1. The maximum atomic E-state index is 12.9. The van der Waals surface area contributed by atoms with E-state index in [9.17, 15) is 4.79 Å². The summed E-state index contributed by atoms with van der Waals surface area (Å²) >= 11 is 7.66. The molecule has 0 radical (unpaired) electrons. The first kappa shape index (κ1) is 21.9. The summed E-state index contributed by atoms with van der Waals surface area (Å²) < 4.78 is 7.51. The second kappa shape index (κ2) is 8.48. The fraction of sp³-hybridized carbons (Fsp3) is 0.304. The van der Waals surface area contributed by atoms with Crippen LogP contribution in [0.15, 0.2) is 39.9 Å². The van der Waals surface area contributed by atoms with Crippen LogP contribution in [0, 0.1) is 26.2 Å². The van der Waals surface area contributed by atoms with Crippen LogP contribution in [0.2, 0.25) is 5.02 Å². The molecule has 8 nitrogen and oxygen atoms in total. The van der Waals surface area contributed by atoms with Crippen molar-refractivity contribution in [1.29, 1.82) is 5.41 Å². The van der Waals surface area contributed by atoms with E-state index < -0.39 is 5.91 Å². The monoisotopic (exact) mass is 482 g/mol. The van der Waals surface area contributed by atoms with Gasteiger partial charge in [0.05, 0.1) is 18.8 Å². The molecule has 1 N–H and O–H groups in total. The lowest BCUT2D eigenvalue weighted by Crippen LogP contribution is -2.39. The Balaban J connectivity index is 1.49. The minimum Gasteiger partial charge on any atom is -0.378 e. The Bertz CT molecular complexity index is 1270. The van der Waals surface area contributed by atoms with Crippen LogP contribution < -0.4 is 0 Å². The van der Waals surface area contributed by atoms with Gasteiger partial charge in [-0.05, 0) is 67.9 Å². The highest BCUT2D eigenvalue weighted by Crippen LogP contribution is 2.32. The number of ether oxygens (including phenoxy) is 1. The summed E-state index contributed by atoms with van der Waals surface area (Å²) in [5, 5.41) is 16.6. The average Bonchev–Trinajstić information content (AvgIpc) is 3.34. The number of aliphatic imine (C=N–C) groups is 1. The standard InChI is InChI=1S/C23H23ClN6O2S/c1-13-11-16(15(3)29(13)19-6-4-5-18(24)14(19)2)12-17-20(25)30-22(26-21(17)31)33-23(27-30)28-7-9-32-10-8-28/h4-6,11-12,25H,7-10H2,1-3H3/b17-12+,25-20?. The first-order chi connectivity index (χ1) is 15.8. The van der Waals surface area contributed by atoms with E-state index in [1.807, 2.05) is 45.0 Å². The third-order valence-corrected chi connectivity index (χ3v) is 7.35. The Morgan fingerprint density at radius 3 is 2.70 bits per heavy atom. The molecule has 1 saturated heterocycles. The largest absolute Gasteiger partial charge is 0.378 e. The Labute approximate surface area is 201 Å². The van der Waals surface area contributed by atoms with Crippen LogP contribution in [0.3, 0.4) is 0 Å². The molecular weight excluding hydrogens is 460 g/mol. The van der Waals surface area contributed by atoms with Crippen molar-refractivity contribution in [1.82, 2.24) is 14.5 Å². The molecule has 0 unspecified atom stereocenters. The van der Waals surface area contributed by atoms with Crippen LogP contribution in [-0.4, -0.2) is 62.9 Å². The number of nitrogens with one attached hydrogen (secondary N) is 1. The van der Waals surface area contributed by atoms with Crippen LogP contribution in [0.25, 0.3) is 11.8 Å². The molecule has 0 aliphatic carbocycles. The summed E-state index contributed by atoms with van der Waals surface area (Å²) in [7, 11) is 0. The SMILES string of the molecule is Cc1c(Cl)cccc1-n1c(C)cc(/C=C2\C(=N)N3N=C(N4CCOCC4)SC3=NC2=O)c1C. The highest BCUT2D eigenvalue weighted by Gasteiger charge is 2.37. The Kier molecular flexibility index (Phi) is 5.64. The van der Waals surface area contributed by atoms with Crippen molar-refractivity contribution in [2.75, 3.05) is 26.3 Å². The topological polar surface area (TPSA) is 86.3 Å². The maximum Gasteiger partial charge on any atom is 0.283 e. The van der Waals surface area contributed by atoms with Gasteiger partial charge in [-0.25, -0.2) is 0 Å². The third kappa shape index (κ3) is 3.80. The fourth-order valence-electron chi connectivity index (χ4n) is 4.16. The van der Waals surface area contributed by atoms with E-state index in [4.69, 9.17) is 21.7 Å². The number of hydrogen-bond acceptors (Lipinski definition) is 6. The number of hydrazone groups is 1. The number of halogens is 1. The molecule has 0 spiro atoms. The first-order valence-electron chi connectivity index (χ1n) is 10.6. The van der Waals surface area contributed by atoms with Crippen molar-refractivity contribution >= 4 is 51.5 Å². The van der Waals surface area contributed by atoms with Crippen LogP contribution in [0.1, 0.15) is 22.5 Å². The van der Waals surface area contributed by atoms with Crippen molar-refractivity contribution in [3.05, 3.63) is 57.4 Å². The van der Waals surface area contributed by atoms with E-state index in [2.05, 4.69) is 19.6 Å². The molecule has 1 aromatic carbocycles. The van der Waals surface area contributed by atoms with E-state index >= 15 is 0 Å². The minimum atomic E-state index is -0.430. The van der Waals surface area contributed by atoms with Gasteiger partial charge in [0.25, 0.3) is 5.91 Å². The van der Waals surface area contributed by atoms with Gasteiger partial charge in [-0.1, -0.05) is 17.7 Å². The molecule has 2 aromatic rings. The summed E-state index contributed by atoms with van der Waals surface area (Å²) in [4.78, 5) is 19.2. The van der Waals surface area contributed by atoms with Gasteiger partial charge in [0, 0.05) is 35.2 Å². The highest BCUT2D eigenvalue weighted by molar-refractivity contribution is 8.26. The second-order valence-corrected chi connectivity index (χ2v) is 9.39. The molecule has 3 aliphatic heterocycles. The predicted octanol–water partition coefficient (Wildman–Crippen LogP) is 3.96. The molecule has 10 heteroatoms. The van der Waals surface area contributed by atoms with E-state index in [1.54, 1.807) is 6.08 Å². The number of aryl methyl sites for hydroxylation is 1. The van der Waals surface area contributed by atoms with Crippen LogP contribution in [-0.2, 0) is 9.53 Å². The number of fused-ring (bicyclic) bond motifs is 1. The predicted molar refractivity (Wildman–Crippen MR) is 132 cm³/mol. The van der Waals surface area contributed by atoms with Gasteiger partial charge < -0.3 is 14.2 Å². The average molecular weight is 483 g/mol. The molecule has 1 aromatic heterocycles. The molecule has 0 saturated carbocycles. The Morgan fingerprint density at radius 2 is 1.94 bits per heavy atom. The Morgan fingerprint density at radius 1 is 1.18 bits per heavy atom. The molecule has 0 atom stereocenters. The molecule has 1 fully saturated rings. The smallest absolute Gasteiger partial charge is 0.283 e. The summed E-state index contributed by atoms with van der Waals surface area (Å²) in [6.45, 7) is 8.71. The van der Waals surface area contributed by atoms with E-state index in [0.29, 0.717) is 23.4 Å². The van der Waals surface area contributed by atoms with Gasteiger partial charge in [-0.3, -0.25) is 10.2 Å². The second-order valence-electron chi connectivity index (χ2n) is 8.05. The van der Waals surface area contributed by atoms with Gasteiger partial charge in [-0.15, -0.1) is 5.10 Å². The number of nitrogens with zero attached hydrogens (tertiary/aromatic N) is 5. The number of morpholine rings is 1. The zero-order chi connectivity index (χ0) is 23.3.